The highest BCUT2D eigenvalue weighted by atomic mass is 16.5. The first-order valence-electron chi connectivity index (χ1n) is 7.64. The highest BCUT2D eigenvalue weighted by molar-refractivity contribution is 6.06. The molecule has 0 bridgehead atoms. The van der Waals surface area contributed by atoms with Crippen LogP contribution in [0.5, 0.6) is 5.75 Å². The van der Waals surface area contributed by atoms with Crippen LogP contribution in [0, 0.1) is 0 Å². The first-order valence-corrected chi connectivity index (χ1v) is 7.64. The number of ether oxygens (including phenoxy) is 1. The number of anilines is 1. The lowest BCUT2D eigenvalue weighted by molar-refractivity contribution is -0.114. The fourth-order valence-electron chi connectivity index (χ4n) is 2.32. The normalized spacial score (nSPS) is 10.4. The standard InChI is InChI=1S/C18H15N3O5/c1-11(22)19-15-10-14(17(23)16-4-3-9-26-16)20-21(18(15)24)12-5-7-13(25-2)8-6-12/h3-10H,1-2H3,(H,19,22). The molecular formula is C18H15N3O5. The first-order chi connectivity index (χ1) is 12.5. The van der Waals surface area contributed by atoms with Crippen LogP contribution in [-0.2, 0) is 4.79 Å². The Labute approximate surface area is 148 Å². The van der Waals surface area contributed by atoms with Crippen LogP contribution in [0.2, 0.25) is 0 Å². The maximum atomic E-state index is 12.6. The summed E-state index contributed by atoms with van der Waals surface area (Å²) in [6.45, 7) is 1.27. The Kier molecular flexibility index (Phi) is 4.66. The topological polar surface area (TPSA) is 103 Å². The molecule has 0 aliphatic rings. The number of carbonyl (C=O) groups is 2. The fourth-order valence-corrected chi connectivity index (χ4v) is 2.32. The van der Waals surface area contributed by atoms with Gasteiger partial charge >= 0.3 is 0 Å². The summed E-state index contributed by atoms with van der Waals surface area (Å²) in [5.41, 5.74) is -0.254. The Morgan fingerprint density at radius 2 is 1.92 bits per heavy atom. The van der Waals surface area contributed by atoms with Crippen LogP contribution in [0.1, 0.15) is 23.2 Å². The minimum Gasteiger partial charge on any atom is -0.497 e. The number of benzene rings is 1. The fraction of sp³-hybridized carbons (Fsp3) is 0.111. The number of aromatic nitrogens is 2. The number of hydrogen-bond donors (Lipinski definition) is 1. The minimum absolute atomic E-state index is 0.0425. The molecular weight excluding hydrogens is 338 g/mol. The van der Waals surface area contributed by atoms with Crippen molar-refractivity contribution in [2.24, 2.45) is 0 Å². The zero-order valence-corrected chi connectivity index (χ0v) is 14.1. The number of rotatable bonds is 5. The van der Waals surface area contributed by atoms with Gasteiger partial charge in [-0.3, -0.25) is 14.4 Å². The molecule has 0 aliphatic carbocycles. The third-order valence-corrected chi connectivity index (χ3v) is 3.52. The van der Waals surface area contributed by atoms with E-state index in [2.05, 4.69) is 10.4 Å². The Bertz CT molecular complexity index is 1000. The average molecular weight is 353 g/mol. The van der Waals surface area contributed by atoms with E-state index < -0.39 is 17.2 Å². The average Bonchev–Trinajstić information content (AvgIpc) is 3.17. The molecule has 2 heterocycles. The molecule has 1 aromatic carbocycles. The molecule has 0 unspecified atom stereocenters. The van der Waals surface area contributed by atoms with Gasteiger partial charge in [0.1, 0.15) is 17.1 Å². The van der Waals surface area contributed by atoms with Crippen molar-refractivity contribution < 1.29 is 18.7 Å². The van der Waals surface area contributed by atoms with Crippen molar-refractivity contribution in [3.63, 3.8) is 0 Å². The lowest BCUT2D eigenvalue weighted by atomic mass is 10.2. The van der Waals surface area contributed by atoms with E-state index in [9.17, 15) is 14.4 Å². The molecule has 0 saturated carbocycles. The molecule has 0 saturated heterocycles. The van der Waals surface area contributed by atoms with Crippen LogP contribution in [0.25, 0.3) is 5.69 Å². The lowest BCUT2D eigenvalue weighted by Crippen LogP contribution is -2.28. The third-order valence-electron chi connectivity index (χ3n) is 3.52. The van der Waals surface area contributed by atoms with E-state index in [-0.39, 0.29) is 17.1 Å². The molecule has 2 aromatic heterocycles. The smallest absolute Gasteiger partial charge is 0.295 e. The predicted molar refractivity (Wildman–Crippen MR) is 92.8 cm³/mol. The summed E-state index contributed by atoms with van der Waals surface area (Å²) in [5, 5.41) is 6.55. The van der Waals surface area contributed by atoms with E-state index in [1.807, 2.05) is 0 Å². The van der Waals surface area contributed by atoms with Gasteiger partial charge in [-0.05, 0) is 42.5 Å². The quantitative estimate of drug-likeness (QED) is 0.704. The van der Waals surface area contributed by atoms with E-state index in [1.165, 1.54) is 32.4 Å². The molecule has 8 nitrogen and oxygen atoms in total. The zero-order valence-electron chi connectivity index (χ0n) is 14.1. The van der Waals surface area contributed by atoms with Crippen molar-refractivity contribution in [2.45, 2.75) is 6.92 Å². The van der Waals surface area contributed by atoms with Crippen molar-refractivity contribution in [3.8, 4) is 11.4 Å². The van der Waals surface area contributed by atoms with E-state index in [1.54, 1.807) is 30.3 Å². The van der Waals surface area contributed by atoms with Gasteiger partial charge in [-0.2, -0.15) is 9.78 Å². The molecule has 132 valence electrons. The summed E-state index contributed by atoms with van der Waals surface area (Å²) in [6.07, 6.45) is 1.36. The van der Waals surface area contributed by atoms with Gasteiger partial charge in [0.25, 0.3) is 5.56 Å². The first kappa shape index (κ1) is 17.2. The summed E-state index contributed by atoms with van der Waals surface area (Å²) >= 11 is 0. The molecule has 0 aliphatic heterocycles. The minimum atomic E-state index is -0.568. The molecule has 1 amide bonds. The van der Waals surface area contributed by atoms with Crippen molar-refractivity contribution in [1.82, 2.24) is 9.78 Å². The maximum Gasteiger partial charge on any atom is 0.295 e. The largest absolute Gasteiger partial charge is 0.497 e. The van der Waals surface area contributed by atoms with Crippen LogP contribution < -0.4 is 15.6 Å². The highest BCUT2D eigenvalue weighted by Gasteiger charge is 2.19. The summed E-state index contributed by atoms with van der Waals surface area (Å²) in [6, 6.07) is 10.8. The summed E-state index contributed by atoms with van der Waals surface area (Å²) in [5.74, 6) is -0.271. The Morgan fingerprint density at radius 3 is 2.50 bits per heavy atom. The lowest BCUT2D eigenvalue weighted by Gasteiger charge is -2.10. The van der Waals surface area contributed by atoms with Gasteiger partial charge in [-0.1, -0.05) is 0 Å². The molecule has 0 atom stereocenters. The monoisotopic (exact) mass is 353 g/mol. The number of carbonyl (C=O) groups excluding carboxylic acids is 2. The summed E-state index contributed by atoms with van der Waals surface area (Å²) < 4.78 is 11.2. The predicted octanol–water partition coefficient (Wildman–Crippen LogP) is 2.02. The van der Waals surface area contributed by atoms with Crippen LogP contribution in [0.3, 0.4) is 0 Å². The second-order valence-electron chi connectivity index (χ2n) is 5.35. The number of furan rings is 1. The number of amides is 1. The SMILES string of the molecule is COc1ccc(-n2nc(C(=O)c3ccco3)cc(NC(C)=O)c2=O)cc1. The summed E-state index contributed by atoms with van der Waals surface area (Å²) in [4.78, 5) is 36.6. The molecule has 1 N–H and O–H groups in total. The molecule has 3 rings (SSSR count). The van der Waals surface area contributed by atoms with Gasteiger partial charge in [-0.15, -0.1) is 0 Å². The summed E-state index contributed by atoms with van der Waals surface area (Å²) in [7, 11) is 1.52. The van der Waals surface area contributed by atoms with Crippen molar-refractivity contribution in [3.05, 3.63) is 70.5 Å². The second kappa shape index (κ2) is 7.06. The molecule has 0 fully saturated rings. The Morgan fingerprint density at radius 1 is 1.19 bits per heavy atom. The van der Waals surface area contributed by atoms with Gasteiger partial charge in [0.15, 0.2) is 5.76 Å². The second-order valence-corrected chi connectivity index (χ2v) is 5.35. The van der Waals surface area contributed by atoms with E-state index in [0.29, 0.717) is 11.4 Å². The van der Waals surface area contributed by atoms with Crippen molar-refractivity contribution in [1.29, 1.82) is 0 Å². The van der Waals surface area contributed by atoms with Gasteiger partial charge in [0.2, 0.25) is 11.7 Å². The van der Waals surface area contributed by atoms with Crippen molar-refractivity contribution in [2.75, 3.05) is 12.4 Å². The zero-order chi connectivity index (χ0) is 18.7. The number of hydrogen-bond acceptors (Lipinski definition) is 6. The molecule has 0 radical (unpaired) electrons. The maximum absolute atomic E-state index is 12.6. The van der Waals surface area contributed by atoms with E-state index >= 15 is 0 Å². The molecule has 8 heteroatoms. The third kappa shape index (κ3) is 3.39. The van der Waals surface area contributed by atoms with Crippen molar-refractivity contribution >= 4 is 17.4 Å². The van der Waals surface area contributed by atoms with Crippen LogP contribution in [-0.4, -0.2) is 28.6 Å². The Balaban J connectivity index is 2.15. The number of methoxy groups -OCH3 is 1. The molecule has 3 aromatic rings. The van der Waals surface area contributed by atoms with E-state index in [0.717, 1.165) is 4.68 Å². The molecule has 26 heavy (non-hydrogen) atoms. The Hall–Kier alpha value is -3.68. The van der Waals surface area contributed by atoms with E-state index in [4.69, 9.17) is 9.15 Å². The highest BCUT2D eigenvalue weighted by Crippen LogP contribution is 2.16. The van der Waals surface area contributed by atoms with Gasteiger partial charge < -0.3 is 14.5 Å². The van der Waals surface area contributed by atoms with Crippen LogP contribution in [0.4, 0.5) is 5.69 Å². The van der Waals surface area contributed by atoms with Gasteiger partial charge in [0, 0.05) is 6.92 Å². The number of nitrogens with one attached hydrogen (secondary N) is 1. The molecule has 0 spiro atoms. The van der Waals surface area contributed by atoms with Gasteiger partial charge in [0.05, 0.1) is 19.1 Å². The number of nitrogens with zero attached hydrogens (tertiary/aromatic N) is 2. The van der Waals surface area contributed by atoms with Crippen LogP contribution >= 0.6 is 0 Å². The van der Waals surface area contributed by atoms with Crippen LogP contribution in [0.15, 0.2) is 57.9 Å². The van der Waals surface area contributed by atoms with Gasteiger partial charge in [-0.25, -0.2) is 0 Å². The number of ketones is 1.